The highest BCUT2D eigenvalue weighted by molar-refractivity contribution is 6.48. The zero-order valence-electron chi connectivity index (χ0n) is 8.81. The first-order valence-corrected chi connectivity index (χ1v) is 12.5. The Labute approximate surface area is 110 Å². The van der Waals surface area contributed by atoms with Crippen LogP contribution >= 0.6 is 0 Å². The Balaban J connectivity index is 2.81. The standard InChI is InChI=1S/H17O7Si8/c8-1-10-3-12-5-14-7-15-6-13-4-11-2-9/h8,10-15H2,9H3. The van der Waals surface area contributed by atoms with Gasteiger partial charge in [0, 0.05) is 0 Å². The van der Waals surface area contributed by atoms with E-state index in [-0.39, 0.29) is 0 Å². The quantitative estimate of drug-likeness (QED) is 0.255. The molecule has 0 saturated carbocycles. The molecule has 91 valence electrons. The molecule has 0 bridgehead atoms. The lowest BCUT2D eigenvalue weighted by Crippen LogP contribution is -2.19. The van der Waals surface area contributed by atoms with Gasteiger partial charge >= 0.3 is 0 Å². The van der Waals surface area contributed by atoms with E-state index in [2.05, 4.69) is 0 Å². The molecule has 0 heterocycles. The highest BCUT2D eigenvalue weighted by Gasteiger charge is 1.93. The SMILES string of the molecule is [SiH2]O[SiH2]O[SiH2]O[SiH2]O[SiH2]O[SiH2]O[SiH2]O[SiH3]. The third kappa shape index (κ3) is 15.5. The summed E-state index contributed by atoms with van der Waals surface area (Å²) in [6.07, 6.45) is 0. The highest BCUT2D eigenvalue weighted by Crippen LogP contribution is 1.75. The summed E-state index contributed by atoms with van der Waals surface area (Å²) in [6, 6.07) is 0. The van der Waals surface area contributed by atoms with Gasteiger partial charge in [0.2, 0.25) is 0 Å². The fraction of sp³-hybridized carbons (Fsp3) is 0. The van der Waals surface area contributed by atoms with Gasteiger partial charge in [0.15, 0.2) is 10.5 Å². The van der Waals surface area contributed by atoms with Crippen LogP contribution in [0.5, 0.6) is 0 Å². The molecule has 0 N–H and O–H groups in total. The molecule has 1 radical (unpaired) electrons. The largest absolute Gasteiger partial charge is 0.449 e. The fourth-order valence-electron chi connectivity index (χ4n) is 0.548. The Morgan fingerprint density at radius 2 is 1.07 bits per heavy atom. The fourth-order valence-corrected chi connectivity index (χ4v) is 11.7. The minimum Gasteiger partial charge on any atom is -0.449 e. The lowest BCUT2D eigenvalue weighted by molar-refractivity contribution is 0.373. The van der Waals surface area contributed by atoms with Crippen LogP contribution in [-0.4, -0.2) is 81.0 Å². The Morgan fingerprint density at radius 3 is 1.47 bits per heavy atom. The van der Waals surface area contributed by atoms with Crippen LogP contribution in [0, 0.1) is 0 Å². The van der Waals surface area contributed by atoms with Gasteiger partial charge < -0.3 is 28.8 Å². The van der Waals surface area contributed by atoms with Gasteiger partial charge in [0.1, 0.15) is 10.5 Å². The summed E-state index contributed by atoms with van der Waals surface area (Å²) in [5, 5.41) is 0. The molecule has 0 unspecified atom stereocenters. The van der Waals surface area contributed by atoms with E-state index >= 15 is 0 Å². The van der Waals surface area contributed by atoms with E-state index in [0.29, 0.717) is 0 Å². The smallest absolute Gasteiger partial charge is 0.286 e. The van der Waals surface area contributed by atoms with E-state index in [1.165, 1.54) is 10.5 Å². The second kappa shape index (κ2) is 15.5. The van der Waals surface area contributed by atoms with Gasteiger partial charge in [-0.15, -0.1) is 0 Å². The van der Waals surface area contributed by atoms with Crippen molar-refractivity contribution in [3.63, 3.8) is 0 Å². The topological polar surface area (TPSA) is 64.6 Å². The Bertz CT molecular complexity index is 99.2. The molecule has 0 aromatic rings. The van der Waals surface area contributed by atoms with Crippen LogP contribution in [0.3, 0.4) is 0 Å². The van der Waals surface area contributed by atoms with Crippen LogP contribution in [0.1, 0.15) is 0 Å². The van der Waals surface area contributed by atoms with Crippen molar-refractivity contribution in [2.45, 2.75) is 0 Å². The number of rotatable bonds is 12. The van der Waals surface area contributed by atoms with Gasteiger partial charge in [-0.2, -0.15) is 0 Å². The molecular weight excluding hydrogens is 337 g/mol. The van der Waals surface area contributed by atoms with Crippen LogP contribution in [0.2, 0.25) is 0 Å². The minimum atomic E-state index is -0.860. The second-order valence-corrected chi connectivity index (χ2v) is 15.7. The summed E-state index contributed by atoms with van der Waals surface area (Å²) in [5.74, 6) is 0. The molecule has 0 amide bonds. The highest BCUT2D eigenvalue weighted by atomic mass is 28.4. The van der Waals surface area contributed by atoms with E-state index in [4.69, 9.17) is 28.8 Å². The summed E-state index contributed by atoms with van der Waals surface area (Å²) in [5.41, 5.74) is 0. The summed E-state index contributed by atoms with van der Waals surface area (Å²) in [4.78, 5) is 0. The van der Waals surface area contributed by atoms with Crippen molar-refractivity contribution < 1.29 is 28.8 Å². The molecular formula is H17O7Si8. The Kier molecular flexibility index (Phi) is 17.0. The predicted octanol–water partition coefficient (Wildman–Crippen LogP) is -8.08. The van der Waals surface area contributed by atoms with Crippen LogP contribution < -0.4 is 0 Å². The maximum atomic E-state index is 5.30. The van der Waals surface area contributed by atoms with Gasteiger partial charge in [-0.05, 0) is 0 Å². The molecule has 0 aliphatic heterocycles. The summed E-state index contributed by atoms with van der Waals surface area (Å²) in [7, 11) is -2.59. The molecule has 0 saturated heterocycles. The lowest BCUT2D eigenvalue weighted by atomic mass is 15.7. The number of hydrogen-bond acceptors (Lipinski definition) is 7. The number of hydrogen-bond donors (Lipinski definition) is 0. The first-order valence-electron chi connectivity index (χ1n) is 4.16. The molecule has 0 fully saturated rings. The van der Waals surface area contributed by atoms with E-state index in [1.54, 1.807) is 0 Å². The normalized spacial score (nSPS) is 15.8. The van der Waals surface area contributed by atoms with Crippen LogP contribution in [0.25, 0.3) is 0 Å². The maximum absolute atomic E-state index is 5.30. The van der Waals surface area contributed by atoms with Gasteiger partial charge in [0.05, 0.1) is 0 Å². The molecule has 0 atom stereocenters. The van der Waals surface area contributed by atoms with Crippen molar-refractivity contribution in [2.24, 2.45) is 0 Å². The monoisotopic (exact) mass is 353 g/mol. The molecule has 15 heteroatoms. The molecule has 0 aromatic heterocycles. The predicted molar refractivity (Wildman–Crippen MR) is 77.3 cm³/mol. The van der Waals surface area contributed by atoms with E-state index in [9.17, 15) is 0 Å². The molecule has 7 nitrogen and oxygen atoms in total. The summed E-state index contributed by atoms with van der Waals surface area (Å²) < 4.78 is 36.1. The van der Waals surface area contributed by atoms with E-state index < -0.39 is 60.0 Å². The van der Waals surface area contributed by atoms with Gasteiger partial charge in [-0.1, -0.05) is 0 Å². The van der Waals surface area contributed by atoms with Gasteiger partial charge in [-0.3, -0.25) is 0 Å². The van der Waals surface area contributed by atoms with Crippen molar-refractivity contribution in [2.75, 3.05) is 0 Å². The molecule has 0 aliphatic rings. The van der Waals surface area contributed by atoms with Crippen LogP contribution in [0.15, 0.2) is 0 Å². The second-order valence-electron chi connectivity index (χ2n) is 2.22. The van der Waals surface area contributed by atoms with Crippen molar-refractivity contribution in [1.29, 1.82) is 0 Å². The Morgan fingerprint density at radius 1 is 0.667 bits per heavy atom. The molecule has 0 rings (SSSR count). The molecule has 0 aromatic carbocycles. The van der Waals surface area contributed by atoms with Crippen molar-refractivity contribution >= 4 is 81.0 Å². The minimum absolute atomic E-state index is 0.708. The van der Waals surface area contributed by atoms with Crippen molar-refractivity contribution in [3.8, 4) is 0 Å². The van der Waals surface area contributed by atoms with E-state index in [0.717, 1.165) is 10.5 Å². The first-order chi connectivity index (χ1) is 7.41. The molecule has 0 aliphatic carbocycles. The zero-order valence-corrected chi connectivity index (χ0v) is 20.7. The van der Waals surface area contributed by atoms with Crippen LogP contribution in [-0.2, 0) is 28.8 Å². The first kappa shape index (κ1) is 16.5. The third-order valence-corrected chi connectivity index (χ3v) is 9.31. The molecule has 15 heavy (non-hydrogen) atoms. The molecule has 0 spiro atoms. The lowest BCUT2D eigenvalue weighted by Gasteiger charge is -2.06. The van der Waals surface area contributed by atoms with E-state index in [1.807, 2.05) is 0 Å². The average molecular weight is 354 g/mol. The Hall–Kier alpha value is 1.46. The van der Waals surface area contributed by atoms with Gasteiger partial charge in [-0.25, -0.2) is 0 Å². The van der Waals surface area contributed by atoms with Crippen LogP contribution in [0.4, 0.5) is 0 Å². The third-order valence-electron chi connectivity index (χ3n) is 1.03. The van der Waals surface area contributed by atoms with Gasteiger partial charge in [0.25, 0.3) is 60.0 Å². The average Bonchev–Trinajstić information content (AvgIpc) is 2.26. The van der Waals surface area contributed by atoms with Crippen molar-refractivity contribution in [1.82, 2.24) is 0 Å². The van der Waals surface area contributed by atoms with Crippen molar-refractivity contribution in [3.05, 3.63) is 0 Å². The summed E-state index contributed by atoms with van der Waals surface area (Å²) >= 11 is 0. The zero-order chi connectivity index (χ0) is 11.2. The summed E-state index contributed by atoms with van der Waals surface area (Å²) in [6.45, 7) is 0. The maximum Gasteiger partial charge on any atom is 0.286 e.